The van der Waals surface area contributed by atoms with Crippen molar-refractivity contribution >= 4 is 11.6 Å². The van der Waals surface area contributed by atoms with Gasteiger partial charge in [0.25, 0.3) is 5.91 Å². The van der Waals surface area contributed by atoms with E-state index in [1.165, 1.54) is 19.3 Å². The van der Waals surface area contributed by atoms with Crippen molar-refractivity contribution in [1.82, 2.24) is 10.3 Å². The van der Waals surface area contributed by atoms with Gasteiger partial charge in [0, 0.05) is 25.0 Å². The maximum atomic E-state index is 12.3. The van der Waals surface area contributed by atoms with E-state index in [1.54, 1.807) is 12.3 Å². The molecule has 1 heterocycles. The van der Waals surface area contributed by atoms with Crippen LogP contribution in [0.3, 0.4) is 0 Å². The smallest absolute Gasteiger partial charge is 0.270 e. The first-order chi connectivity index (χ1) is 9.61. The van der Waals surface area contributed by atoms with Gasteiger partial charge in [0.05, 0.1) is 0 Å². The van der Waals surface area contributed by atoms with Crippen LogP contribution in [0, 0.1) is 11.8 Å². The summed E-state index contributed by atoms with van der Waals surface area (Å²) in [5.74, 6) is 1.14. The molecule has 2 unspecified atom stereocenters. The Morgan fingerprint density at radius 3 is 2.80 bits per heavy atom. The number of aromatic nitrogens is 1. The largest absolute Gasteiger partial charge is 0.388 e. The van der Waals surface area contributed by atoms with Crippen molar-refractivity contribution in [2.75, 3.05) is 12.4 Å². The minimum atomic E-state index is -0.0559. The standard InChI is InChI=1S/C16H25N3O/c1-11(2)13-6-4-5-7-14(13)19-16(20)15-10-12(17-3)8-9-18-15/h8-11,13-14H,4-7H2,1-3H3,(H,17,18)(H,19,20). The number of hydrogen-bond donors (Lipinski definition) is 2. The predicted molar refractivity (Wildman–Crippen MR) is 81.8 cm³/mol. The molecule has 0 aromatic carbocycles. The van der Waals surface area contributed by atoms with E-state index in [2.05, 4.69) is 29.5 Å². The third-order valence-corrected chi connectivity index (χ3v) is 4.27. The molecule has 0 radical (unpaired) electrons. The number of amides is 1. The molecule has 4 nitrogen and oxygen atoms in total. The molecule has 0 bridgehead atoms. The Kier molecular flexibility index (Phi) is 4.99. The van der Waals surface area contributed by atoms with Crippen LogP contribution < -0.4 is 10.6 Å². The Labute approximate surface area is 121 Å². The molecule has 1 fully saturated rings. The zero-order valence-corrected chi connectivity index (χ0v) is 12.6. The molecule has 110 valence electrons. The zero-order valence-electron chi connectivity index (χ0n) is 12.6. The van der Waals surface area contributed by atoms with E-state index < -0.39 is 0 Å². The first kappa shape index (κ1) is 14.8. The molecule has 1 saturated carbocycles. The van der Waals surface area contributed by atoms with Gasteiger partial charge in [-0.3, -0.25) is 9.78 Å². The lowest BCUT2D eigenvalue weighted by Crippen LogP contribution is -2.44. The molecular formula is C16H25N3O. The molecule has 1 aliphatic rings. The average Bonchev–Trinajstić information content (AvgIpc) is 2.47. The Morgan fingerprint density at radius 2 is 2.10 bits per heavy atom. The van der Waals surface area contributed by atoms with Crippen molar-refractivity contribution in [3.8, 4) is 0 Å². The normalized spacial score (nSPS) is 22.6. The summed E-state index contributed by atoms with van der Waals surface area (Å²) in [6, 6.07) is 3.94. The molecule has 4 heteroatoms. The molecule has 20 heavy (non-hydrogen) atoms. The van der Waals surface area contributed by atoms with Gasteiger partial charge in [0.1, 0.15) is 5.69 Å². The third kappa shape index (κ3) is 3.50. The molecule has 0 aliphatic heterocycles. The number of rotatable bonds is 4. The van der Waals surface area contributed by atoms with Crippen LogP contribution in [0.15, 0.2) is 18.3 Å². The van der Waals surface area contributed by atoms with Crippen molar-refractivity contribution in [2.45, 2.75) is 45.6 Å². The van der Waals surface area contributed by atoms with Crippen molar-refractivity contribution in [1.29, 1.82) is 0 Å². The molecule has 1 aliphatic carbocycles. The van der Waals surface area contributed by atoms with Gasteiger partial charge in [-0.15, -0.1) is 0 Å². The van der Waals surface area contributed by atoms with Crippen LogP contribution in [0.1, 0.15) is 50.0 Å². The summed E-state index contributed by atoms with van der Waals surface area (Å²) in [7, 11) is 1.84. The molecule has 2 N–H and O–H groups in total. The lowest BCUT2D eigenvalue weighted by atomic mass is 9.78. The second-order valence-corrected chi connectivity index (χ2v) is 5.95. The van der Waals surface area contributed by atoms with Gasteiger partial charge < -0.3 is 10.6 Å². The molecule has 1 aromatic heterocycles. The maximum absolute atomic E-state index is 12.3. The van der Waals surface area contributed by atoms with Gasteiger partial charge in [-0.2, -0.15) is 0 Å². The van der Waals surface area contributed by atoms with Crippen LogP contribution in [-0.4, -0.2) is 24.0 Å². The fourth-order valence-electron chi connectivity index (χ4n) is 3.09. The zero-order chi connectivity index (χ0) is 14.5. The van der Waals surface area contributed by atoms with Gasteiger partial charge >= 0.3 is 0 Å². The first-order valence-corrected chi connectivity index (χ1v) is 7.56. The highest BCUT2D eigenvalue weighted by molar-refractivity contribution is 5.93. The number of carbonyl (C=O) groups excluding carboxylic acids is 1. The second kappa shape index (κ2) is 6.73. The lowest BCUT2D eigenvalue weighted by molar-refractivity contribution is 0.0884. The molecule has 1 aromatic rings. The van der Waals surface area contributed by atoms with Crippen LogP contribution in [0.4, 0.5) is 5.69 Å². The Hall–Kier alpha value is -1.58. The summed E-state index contributed by atoms with van der Waals surface area (Å²) >= 11 is 0. The topological polar surface area (TPSA) is 54.0 Å². The van der Waals surface area contributed by atoms with E-state index in [4.69, 9.17) is 0 Å². The number of nitrogens with one attached hydrogen (secondary N) is 2. The minimum absolute atomic E-state index is 0.0559. The highest BCUT2D eigenvalue weighted by atomic mass is 16.1. The van der Waals surface area contributed by atoms with Crippen molar-refractivity contribution < 1.29 is 4.79 Å². The van der Waals surface area contributed by atoms with Gasteiger partial charge in [0.2, 0.25) is 0 Å². The molecule has 2 rings (SSSR count). The van der Waals surface area contributed by atoms with E-state index in [1.807, 2.05) is 13.1 Å². The average molecular weight is 275 g/mol. The lowest BCUT2D eigenvalue weighted by Gasteiger charge is -2.34. The van der Waals surface area contributed by atoms with Crippen molar-refractivity contribution in [3.63, 3.8) is 0 Å². The first-order valence-electron chi connectivity index (χ1n) is 7.56. The number of hydrogen-bond acceptors (Lipinski definition) is 3. The number of nitrogens with zero attached hydrogens (tertiary/aromatic N) is 1. The quantitative estimate of drug-likeness (QED) is 0.888. The number of carbonyl (C=O) groups is 1. The summed E-state index contributed by atoms with van der Waals surface area (Å²) in [5.41, 5.74) is 1.40. The molecule has 1 amide bonds. The Morgan fingerprint density at radius 1 is 1.35 bits per heavy atom. The van der Waals surface area contributed by atoms with Crippen molar-refractivity contribution in [3.05, 3.63) is 24.0 Å². The van der Waals surface area contributed by atoms with Gasteiger partial charge in [0.15, 0.2) is 0 Å². The fraction of sp³-hybridized carbons (Fsp3) is 0.625. The summed E-state index contributed by atoms with van der Waals surface area (Å²) in [5, 5.41) is 6.22. The molecule has 2 atom stereocenters. The van der Waals surface area contributed by atoms with Crippen LogP contribution in [0.2, 0.25) is 0 Å². The van der Waals surface area contributed by atoms with E-state index in [0.717, 1.165) is 12.1 Å². The summed E-state index contributed by atoms with van der Waals surface area (Å²) in [4.78, 5) is 16.5. The summed E-state index contributed by atoms with van der Waals surface area (Å²) < 4.78 is 0. The Balaban J connectivity index is 2.05. The number of pyridine rings is 1. The van der Waals surface area contributed by atoms with Crippen LogP contribution in [0.5, 0.6) is 0 Å². The second-order valence-electron chi connectivity index (χ2n) is 5.95. The van der Waals surface area contributed by atoms with Gasteiger partial charge in [-0.1, -0.05) is 26.7 Å². The van der Waals surface area contributed by atoms with Crippen molar-refractivity contribution in [2.24, 2.45) is 11.8 Å². The van der Waals surface area contributed by atoms with E-state index in [0.29, 0.717) is 17.5 Å². The summed E-state index contributed by atoms with van der Waals surface area (Å²) in [6.45, 7) is 4.49. The third-order valence-electron chi connectivity index (χ3n) is 4.27. The van der Waals surface area contributed by atoms with Gasteiger partial charge in [-0.05, 0) is 36.8 Å². The Bertz CT molecular complexity index is 459. The maximum Gasteiger partial charge on any atom is 0.270 e. The fourth-order valence-corrected chi connectivity index (χ4v) is 3.09. The van der Waals surface area contributed by atoms with E-state index >= 15 is 0 Å². The summed E-state index contributed by atoms with van der Waals surface area (Å²) in [6.07, 6.45) is 6.45. The van der Waals surface area contributed by atoms with Crippen LogP contribution in [-0.2, 0) is 0 Å². The van der Waals surface area contributed by atoms with Crippen LogP contribution in [0.25, 0.3) is 0 Å². The highest BCUT2D eigenvalue weighted by Gasteiger charge is 2.29. The molecule has 0 spiro atoms. The molecular weight excluding hydrogens is 250 g/mol. The van der Waals surface area contributed by atoms with Gasteiger partial charge in [-0.25, -0.2) is 0 Å². The van der Waals surface area contributed by atoms with E-state index in [-0.39, 0.29) is 11.9 Å². The number of anilines is 1. The SMILES string of the molecule is CNc1ccnc(C(=O)NC2CCCCC2C(C)C)c1. The predicted octanol–water partition coefficient (Wildman–Crippen LogP) is 3.07. The molecule has 0 saturated heterocycles. The highest BCUT2D eigenvalue weighted by Crippen LogP contribution is 2.30. The monoisotopic (exact) mass is 275 g/mol. The van der Waals surface area contributed by atoms with Crippen LogP contribution >= 0.6 is 0 Å². The minimum Gasteiger partial charge on any atom is -0.388 e. The van der Waals surface area contributed by atoms with E-state index in [9.17, 15) is 4.79 Å².